The Kier molecular flexibility index (Phi) is 8.14. The number of nitriles is 1. The number of aromatic nitrogens is 2. The van der Waals surface area contributed by atoms with E-state index in [4.69, 9.17) is 10.4 Å². The first-order chi connectivity index (χ1) is 14.6. The van der Waals surface area contributed by atoms with E-state index in [-0.39, 0.29) is 18.7 Å². The zero-order valence-corrected chi connectivity index (χ0v) is 18.1. The maximum atomic E-state index is 13.1. The molecule has 1 aromatic carbocycles. The van der Waals surface area contributed by atoms with Crippen molar-refractivity contribution in [3.05, 3.63) is 30.0 Å². The predicted molar refractivity (Wildman–Crippen MR) is 115 cm³/mol. The third kappa shape index (κ3) is 6.54. The molecule has 2 rings (SSSR count). The fraction of sp³-hybridized carbons (Fsp3) is 0.500. The minimum Gasteiger partial charge on any atom is -0.481 e. The Hall–Kier alpha value is -3.41. The Morgan fingerprint density at radius 2 is 1.94 bits per heavy atom. The Labute approximate surface area is 181 Å². The molecule has 0 aliphatic rings. The molecule has 0 aliphatic carbocycles. The van der Waals surface area contributed by atoms with E-state index in [9.17, 15) is 14.4 Å². The Balaban J connectivity index is 2.22. The summed E-state index contributed by atoms with van der Waals surface area (Å²) in [5, 5.41) is 28.0. The van der Waals surface area contributed by atoms with Crippen LogP contribution in [0.1, 0.15) is 56.9 Å². The molecule has 0 radical (unpaired) electrons. The molecular formula is C22H29N5O4. The zero-order chi connectivity index (χ0) is 23.0. The van der Waals surface area contributed by atoms with Crippen molar-refractivity contribution in [2.75, 3.05) is 6.54 Å². The topological polar surface area (TPSA) is 137 Å². The lowest BCUT2D eigenvalue weighted by atomic mass is 9.86. The summed E-state index contributed by atoms with van der Waals surface area (Å²) in [6.45, 7) is 6.02. The molecule has 2 aromatic rings. The molecule has 1 aromatic heterocycles. The lowest BCUT2D eigenvalue weighted by Crippen LogP contribution is -2.53. The number of hydrogen-bond acceptors (Lipinski definition) is 5. The third-order valence-electron chi connectivity index (χ3n) is 4.82. The number of carbonyl (C=O) groups excluding carboxylic acids is 2. The Bertz CT molecular complexity index is 984. The zero-order valence-electron chi connectivity index (χ0n) is 18.1. The average Bonchev–Trinajstić information content (AvgIpc) is 3.07. The predicted octanol–water partition coefficient (Wildman–Crippen LogP) is 2.47. The van der Waals surface area contributed by atoms with Crippen molar-refractivity contribution in [1.29, 1.82) is 5.26 Å². The van der Waals surface area contributed by atoms with Gasteiger partial charge in [-0.1, -0.05) is 39.0 Å². The van der Waals surface area contributed by atoms with Crippen LogP contribution in [-0.4, -0.2) is 45.3 Å². The first-order valence-corrected chi connectivity index (χ1v) is 10.3. The number of carboxylic acid groups (broad SMARTS) is 1. The summed E-state index contributed by atoms with van der Waals surface area (Å²) in [6, 6.07) is 8.62. The number of para-hydroxylation sites is 1. The van der Waals surface area contributed by atoms with Gasteiger partial charge in [-0.2, -0.15) is 10.4 Å². The number of nitrogens with one attached hydrogen (secondary N) is 2. The summed E-state index contributed by atoms with van der Waals surface area (Å²) in [5.41, 5.74) is 0.435. The number of carboxylic acids is 1. The quantitative estimate of drug-likeness (QED) is 0.498. The number of rotatable bonds is 10. The highest BCUT2D eigenvalue weighted by molar-refractivity contribution is 6.06. The standard InChI is InChI=1S/C22H29N5O4/c1-22(2,3)19(21(31)24-13-11-17(28)29)25-20(30)18-15-9-5-6-10-16(15)27(26-18)14-8-4-7-12-23/h5-6,9-10,19H,4,7-8,11,13-14H2,1-3H3,(H,24,31)(H,25,30)(H,28,29)/t19-/m1/s1. The second-order valence-electron chi connectivity index (χ2n) is 8.41. The lowest BCUT2D eigenvalue weighted by molar-refractivity contribution is -0.137. The molecule has 9 nitrogen and oxygen atoms in total. The number of nitrogens with zero attached hydrogens (tertiary/aromatic N) is 3. The van der Waals surface area contributed by atoms with Gasteiger partial charge in [0.2, 0.25) is 5.91 Å². The Morgan fingerprint density at radius 3 is 2.58 bits per heavy atom. The van der Waals surface area contributed by atoms with Gasteiger partial charge < -0.3 is 15.7 Å². The van der Waals surface area contributed by atoms with Crippen LogP contribution in [0.15, 0.2) is 24.3 Å². The minimum atomic E-state index is -1.01. The molecule has 166 valence electrons. The van der Waals surface area contributed by atoms with Crippen molar-refractivity contribution in [2.45, 2.75) is 59.0 Å². The second-order valence-corrected chi connectivity index (χ2v) is 8.41. The van der Waals surface area contributed by atoms with Crippen LogP contribution in [0, 0.1) is 16.7 Å². The van der Waals surface area contributed by atoms with Gasteiger partial charge in [0.15, 0.2) is 5.69 Å². The fourth-order valence-corrected chi connectivity index (χ4v) is 3.20. The highest BCUT2D eigenvalue weighted by Crippen LogP contribution is 2.23. The number of amides is 2. The molecular weight excluding hydrogens is 398 g/mol. The third-order valence-corrected chi connectivity index (χ3v) is 4.82. The van der Waals surface area contributed by atoms with Crippen molar-refractivity contribution in [3.63, 3.8) is 0 Å². The molecule has 0 bridgehead atoms. The molecule has 31 heavy (non-hydrogen) atoms. The highest BCUT2D eigenvalue weighted by atomic mass is 16.4. The molecule has 1 heterocycles. The number of fused-ring (bicyclic) bond motifs is 1. The molecule has 0 unspecified atom stereocenters. The maximum Gasteiger partial charge on any atom is 0.305 e. The van der Waals surface area contributed by atoms with Gasteiger partial charge in [0.1, 0.15) is 6.04 Å². The number of benzene rings is 1. The van der Waals surface area contributed by atoms with E-state index in [1.165, 1.54) is 0 Å². The van der Waals surface area contributed by atoms with E-state index in [1.807, 2.05) is 45.0 Å². The van der Waals surface area contributed by atoms with Gasteiger partial charge in [0, 0.05) is 24.9 Å². The SMILES string of the molecule is CC(C)(C)[C@H](NC(=O)c1nn(CCCCC#N)c2ccccc12)C(=O)NCCC(=O)O. The summed E-state index contributed by atoms with van der Waals surface area (Å²) >= 11 is 0. The summed E-state index contributed by atoms with van der Waals surface area (Å²) in [6.07, 6.45) is 1.78. The van der Waals surface area contributed by atoms with E-state index < -0.39 is 29.2 Å². The van der Waals surface area contributed by atoms with Crippen molar-refractivity contribution in [2.24, 2.45) is 5.41 Å². The van der Waals surface area contributed by atoms with Gasteiger partial charge in [0.05, 0.1) is 18.0 Å². The molecule has 0 fully saturated rings. The first-order valence-electron chi connectivity index (χ1n) is 10.3. The molecule has 0 spiro atoms. The maximum absolute atomic E-state index is 13.1. The van der Waals surface area contributed by atoms with E-state index in [1.54, 1.807) is 4.68 Å². The summed E-state index contributed by atoms with van der Waals surface area (Å²) in [5.74, 6) is -1.92. The largest absolute Gasteiger partial charge is 0.481 e. The molecule has 9 heteroatoms. The Morgan fingerprint density at radius 1 is 1.23 bits per heavy atom. The number of unbranched alkanes of at least 4 members (excludes halogenated alkanes) is 2. The van der Waals surface area contributed by atoms with Crippen molar-refractivity contribution in [1.82, 2.24) is 20.4 Å². The normalized spacial score (nSPS) is 12.2. The van der Waals surface area contributed by atoms with Crippen molar-refractivity contribution >= 4 is 28.7 Å². The molecule has 0 saturated carbocycles. The summed E-state index contributed by atoms with van der Waals surface area (Å²) < 4.78 is 1.75. The number of hydrogen-bond donors (Lipinski definition) is 3. The van der Waals surface area contributed by atoms with Crippen LogP contribution in [0.5, 0.6) is 0 Å². The number of aryl methyl sites for hydroxylation is 1. The van der Waals surface area contributed by atoms with Crippen LogP contribution in [0.2, 0.25) is 0 Å². The molecule has 3 N–H and O–H groups in total. The van der Waals surface area contributed by atoms with Crippen molar-refractivity contribution < 1.29 is 19.5 Å². The van der Waals surface area contributed by atoms with Crippen LogP contribution in [0.3, 0.4) is 0 Å². The van der Waals surface area contributed by atoms with Gasteiger partial charge >= 0.3 is 5.97 Å². The molecule has 1 atom stereocenters. The molecule has 0 saturated heterocycles. The minimum absolute atomic E-state index is 0.0170. The van der Waals surface area contributed by atoms with E-state index in [0.29, 0.717) is 18.4 Å². The smallest absolute Gasteiger partial charge is 0.305 e. The monoisotopic (exact) mass is 427 g/mol. The molecule has 2 amide bonds. The van der Waals surface area contributed by atoms with Gasteiger partial charge in [-0.05, 0) is 24.3 Å². The van der Waals surface area contributed by atoms with Crippen LogP contribution in [0.25, 0.3) is 10.9 Å². The number of aliphatic carboxylic acids is 1. The van der Waals surface area contributed by atoms with Gasteiger partial charge in [0.25, 0.3) is 5.91 Å². The average molecular weight is 428 g/mol. The van der Waals surface area contributed by atoms with E-state index in [0.717, 1.165) is 18.4 Å². The fourth-order valence-electron chi connectivity index (χ4n) is 3.20. The first kappa shape index (κ1) is 23.9. The molecule has 0 aliphatic heterocycles. The van der Waals surface area contributed by atoms with Gasteiger partial charge in [-0.25, -0.2) is 0 Å². The second kappa shape index (κ2) is 10.6. The van der Waals surface area contributed by atoms with Gasteiger partial charge in [-0.15, -0.1) is 0 Å². The van der Waals surface area contributed by atoms with Crippen LogP contribution in [-0.2, 0) is 16.1 Å². The van der Waals surface area contributed by atoms with Crippen LogP contribution >= 0.6 is 0 Å². The van der Waals surface area contributed by atoms with Crippen LogP contribution < -0.4 is 10.6 Å². The lowest BCUT2D eigenvalue weighted by Gasteiger charge is -2.30. The van der Waals surface area contributed by atoms with E-state index >= 15 is 0 Å². The van der Waals surface area contributed by atoms with E-state index in [2.05, 4.69) is 21.8 Å². The van der Waals surface area contributed by atoms with Crippen molar-refractivity contribution in [3.8, 4) is 6.07 Å². The van der Waals surface area contributed by atoms with Gasteiger partial charge in [-0.3, -0.25) is 19.1 Å². The van der Waals surface area contributed by atoms with Crippen LogP contribution in [0.4, 0.5) is 0 Å². The number of carbonyl (C=O) groups is 3. The highest BCUT2D eigenvalue weighted by Gasteiger charge is 2.34. The summed E-state index contributed by atoms with van der Waals surface area (Å²) in [4.78, 5) is 36.4. The summed E-state index contributed by atoms with van der Waals surface area (Å²) in [7, 11) is 0.